The highest BCUT2D eigenvalue weighted by atomic mass is 16.6. The second-order valence-electron chi connectivity index (χ2n) is 7.87. The second kappa shape index (κ2) is 8.41. The van der Waals surface area contributed by atoms with E-state index in [0.717, 1.165) is 10.8 Å². The van der Waals surface area contributed by atoms with Gasteiger partial charge < -0.3 is 14.6 Å². The Morgan fingerprint density at radius 1 is 1.00 bits per heavy atom. The fraction of sp³-hybridized carbons (Fsp3) is 0.261. The van der Waals surface area contributed by atoms with Crippen LogP contribution < -0.4 is 16.2 Å². The van der Waals surface area contributed by atoms with E-state index in [1.165, 1.54) is 10.6 Å². The Kier molecular flexibility index (Phi) is 5.91. The molecule has 0 atom stereocenters. The zero-order valence-electron chi connectivity index (χ0n) is 17.5. The minimum atomic E-state index is -0.669. The normalized spacial score (nSPS) is 11.2. The minimum absolute atomic E-state index is 0.145. The predicted octanol–water partition coefficient (Wildman–Crippen LogP) is 4.62. The first-order valence-corrected chi connectivity index (χ1v) is 9.71. The van der Waals surface area contributed by atoms with Gasteiger partial charge in [0.2, 0.25) is 0 Å². The van der Waals surface area contributed by atoms with Crippen molar-refractivity contribution in [1.82, 2.24) is 4.57 Å². The van der Waals surface area contributed by atoms with Crippen LogP contribution >= 0.6 is 0 Å². The molecule has 30 heavy (non-hydrogen) atoms. The van der Waals surface area contributed by atoms with Gasteiger partial charge in [-0.15, -0.1) is 0 Å². The highest BCUT2D eigenvalue weighted by Gasteiger charge is 2.20. The molecule has 3 rings (SSSR count). The first kappa shape index (κ1) is 21.1. The number of hydrogen-bond donors (Lipinski definition) is 2. The molecule has 0 spiro atoms. The number of fused-ring (bicyclic) bond motifs is 1. The summed E-state index contributed by atoms with van der Waals surface area (Å²) in [5.74, 6) is -0.409. The number of aromatic nitrogens is 1. The lowest BCUT2D eigenvalue weighted by Gasteiger charge is -2.20. The van der Waals surface area contributed by atoms with Gasteiger partial charge in [-0.1, -0.05) is 24.3 Å². The molecular weight excluding hydrogens is 382 g/mol. The number of anilines is 2. The van der Waals surface area contributed by atoms with Crippen LogP contribution in [0.3, 0.4) is 0 Å². The number of amides is 2. The van der Waals surface area contributed by atoms with Gasteiger partial charge in [-0.25, -0.2) is 4.79 Å². The molecule has 1 aromatic heterocycles. The fourth-order valence-electron chi connectivity index (χ4n) is 3.00. The first-order valence-electron chi connectivity index (χ1n) is 9.71. The molecule has 0 radical (unpaired) electrons. The maximum absolute atomic E-state index is 13.0. The molecule has 7 nitrogen and oxygen atoms in total. The zero-order valence-corrected chi connectivity index (χ0v) is 17.5. The maximum Gasteiger partial charge on any atom is 0.412 e. The van der Waals surface area contributed by atoms with E-state index in [2.05, 4.69) is 10.6 Å². The van der Waals surface area contributed by atoms with E-state index in [-0.39, 0.29) is 11.1 Å². The van der Waals surface area contributed by atoms with Gasteiger partial charge in [0, 0.05) is 18.8 Å². The minimum Gasteiger partial charge on any atom is -0.444 e. The molecule has 0 fully saturated rings. The Hall–Kier alpha value is -3.61. The van der Waals surface area contributed by atoms with Gasteiger partial charge in [0.25, 0.3) is 11.5 Å². The summed E-state index contributed by atoms with van der Waals surface area (Å²) in [6, 6.07) is 14.0. The average Bonchev–Trinajstić information content (AvgIpc) is 2.67. The first-order chi connectivity index (χ1) is 14.2. The number of nitrogens with zero attached hydrogens (tertiary/aromatic N) is 1. The van der Waals surface area contributed by atoms with Crippen molar-refractivity contribution in [3.63, 3.8) is 0 Å². The molecule has 0 saturated heterocycles. The van der Waals surface area contributed by atoms with Gasteiger partial charge in [-0.2, -0.15) is 0 Å². The van der Waals surface area contributed by atoms with Crippen molar-refractivity contribution in [3.8, 4) is 0 Å². The van der Waals surface area contributed by atoms with Crippen LogP contribution in [-0.2, 0) is 11.3 Å². The van der Waals surface area contributed by atoms with Crippen LogP contribution in [0.2, 0.25) is 0 Å². The van der Waals surface area contributed by atoms with Gasteiger partial charge >= 0.3 is 6.09 Å². The summed E-state index contributed by atoms with van der Waals surface area (Å²) >= 11 is 0. The SMILES string of the molecule is CCn1cc(NC(=O)c2cc3ccccc3cc2NC(=O)OC(C)(C)C)ccc1=O. The number of benzene rings is 2. The highest BCUT2D eigenvalue weighted by Crippen LogP contribution is 2.26. The molecule has 2 aromatic carbocycles. The van der Waals surface area contributed by atoms with Gasteiger partial charge in [-0.3, -0.25) is 14.9 Å². The average molecular weight is 407 g/mol. The van der Waals surface area contributed by atoms with Crippen LogP contribution in [0.15, 0.2) is 59.5 Å². The van der Waals surface area contributed by atoms with Gasteiger partial charge in [0.1, 0.15) is 5.60 Å². The Bertz CT molecular complexity index is 1160. The van der Waals surface area contributed by atoms with Crippen LogP contribution in [0.1, 0.15) is 38.1 Å². The zero-order chi connectivity index (χ0) is 21.9. The van der Waals surface area contributed by atoms with Crippen molar-refractivity contribution in [3.05, 3.63) is 70.6 Å². The lowest BCUT2D eigenvalue weighted by molar-refractivity contribution is 0.0636. The summed E-state index contributed by atoms with van der Waals surface area (Å²) in [7, 11) is 0. The van der Waals surface area contributed by atoms with Crippen LogP contribution in [0.4, 0.5) is 16.2 Å². The molecule has 0 aliphatic carbocycles. The van der Waals surface area contributed by atoms with Crippen molar-refractivity contribution >= 4 is 34.1 Å². The number of carbonyl (C=O) groups excluding carboxylic acids is 2. The maximum atomic E-state index is 13.0. The summed E-state index contributed by atoms with van der Waals surface area (Å²) in [5.41, 5.74) is 0.293. The van der Waals surface area contributed by atoms with Gasteiger partial charge in [-0.05, 0) is 56.7 Å². The van der Waals surface area contributed by atoms with E-state index < -0.39 is 17.6 Å². The predicted molar refractivity (Wildman–Crippen MR) is 118 cm³/mol. The molecule has 3 aromatic rings. The lowest BCUT2D eigenvalue weighted by Crippen LogP contribution is -2.28. The third-order valence-corrected chi connectivity index (χ3v) is 4.35. The molecule has 0 bridgehead atoms. The largest absolute Gasteiger partial charge is 0.444 e. The van der Waals surface area contributed by atoms with E-state index in [9.17, 15) is 14.4 Å². The molecule has 0 aliphatic heterocycles. The van der Waals surface area contributed by atoms with Crippen molar-refractivity contribution in [2.45, 2.75) is 39.8 Å². The summed E-state index contributed by atoms with van der Waals surface area (Å²) in [6.07, 6.45) is 0.939. The second-order valence-corrected chi connectivity index (χ2v) is 7.87. The number of rotatable bonds is 4. The van der Waals surface area contributed by atoms with E-state index in [1.807, 2.05) is 31.2 Å². The molecule has 0 unspecified atom stereocenters. The van der Waals surface area contributed by atoms with Gasteiger partial charge in [0.15, 0.2) is 0 Å². The van der Waals surface area contributed by atoms with Crippen LogP contribution in [0.5, 0.6) is 0 Å². The third-order valence-electron chi connectivity index (χ3n) is 4.35. The Labute approximate surface area is 174 Å². The highest BCUT2D eigenvalue weighted by molar-refractivity contribution is 6.12. The standard InChI is InChI=1S/C23H25N3O4/c1-5-26-14-17(10-11-20(26)27)24-21(28)18-12-15-8-6-7-9-16(15)13-19(18)25-22(29)30-23(2,3)4/h6-14H,5H2,1-4H3,(H,24,28)(H,25,29). The van der Waals surface area contributed by atoms with E-state index >= 15 is 0 Å². The van der Waals surface area contributed by atoms with Crippen LogP contribution in [0.25, 0.3) is 10.8 Å². The molecular formula is C23H25N3O4. The van der Waals surface area contributed by atoms with Crippen LogP contribution in [0, 0.1) is 0 Å². The monoisotopic (exact) mass is 407 g/mol. The Morgan fingerprint density at radius 3 is 2.30 bits per heavy atom. The number of nitrogens with one attached hydrogen (secondary N) is 2. The van der Waals surface area contributed by atoms with Gasteiger partial charge in [0.05, 0.1) is 16.9 Å². The molecule has 156 valence electrons. The van der Waals surface area contributed by atoms with Crippen molar-refractivity contribution in [1.29, 1.82) is 0 Å². The summed E-state index contributed by atoms with van der Waals surface area (Å²) in [6.45, 7) is 7.64. The molecule has 2 amide bonds. The molecule has 7 heteroatoms. The molecule has 0 aliphatic rings. The number of hydrogen-bond acceptors (Lipinski definition) is 4. The quantitative estimate of drug-likeness (QED) is 0.660. The molecule has 0 saturated carbocycles. The van der Waals surface area contributed by atoms with Crippen molar-refractivity contribution < 1.29 is 14.3 Å². The summed E-state index contributed by atoms with van der Waals surface area (Å²) < 4.78 is 6.83. The third kappa shape index (κ3) is 5.05. The van der Waals surface area contributed by atoms with Crippen molar-refractivity contribution in [2.75, 3.05) is 10.6 Å². The van der Waals surface area contributed by atoms with E-state index in [1.54, 1.807) is 45.2 Å². The summed E-state index contributed by atoms with van der Waals surface area (Å²) in [4.78, 5) is 37.1. The molecule has 2 N–H and O–H groups in total. The lowest BCUT2D eigenvalue weighted by atomic mass is 10.0. The number of pyridine rings is 1. The van der Waals surface area contributed by atoms with E-state index in [0.29, 0.717) is 17.9 Å². The number of aryl methyl sites for hydroxylation is 1. The molecule has 1 heterocycles. The summed E-state index contributed by atoms with van der Waals surface area (Å²) in [5, 5.41) is 7.21. The van der Waals surface area contributed by atoms with E-state index in [4.69, 9.17) is 4.74 Å². The topological polar surface area (TPSA) is 89.4 Å². The number of ether oxygens (including phenoxy) is 1. The smallest absolute Gasteiger partial charge is 0.412 e. The Balaban J connectivity index is 1.97. The Morgan fingerprint density at radius 2 is 1.67 bits per heavy atom. The van der Waals surface area contributed by atoms with Crippen LogP contribution in [-0.4, -0.2) is 22.2 Å². The van der Waals surface area contributed by atoms with Crippen molar-refractivity contribution in [2.24, 2.45) is 0 Å². The number of carbonyl (C=O) groups is 2. The fourth-order valence-corrected chi connectivity index (χ4v) is 3.00.